The molecule has 21 heavy (non-hydrogen) atoms. The van der Waals surface area contributed by atoms with Crippen molar-refractivity contribution in [2.45, 2.75) is 13.3 Å². The lowest BCUT2D eigenvalue weighted by atomic mass is 10.1. The monoisotopic (exact) mass is 284 g/mol. The predicted molar refractivity (Wildman–Crippen MR) is 81.1 cm³/mol. The molecule has 0 aliphatic carbocycles. The molecule has 2 rings (SSSR count). The van der Waals surface area contributed by atoms with Gasteiger partial charge >= 0.3 is 5.97 Å². The lowest BCUT2D eigenvalue weighted by Gasteiger charge is -2.08. The summed E-state index contributed by atoms with van der Waals surface area (Å²) < 4.78 is 4.92. The molecule has 0 radical (unpaired) electrons. The maximum absolute atomic E-state index is 11.2. The van der Waals surface area contributed by atoms with Crippen LogP contribution < -0.4 is 4.74 Å². The number of hydrogen-bond acceptors (Lipinski definition) is 4. The summed E-state index contributed by atoms with van der Waals surface area (Å²) in [6, 6.07) is 12.6. The van der Waals surface area contributed by atoms with Crippen LogP contribution in [0.1, 0.15) is 24.5 Å². The Balaban J connectivity index is 2.24. The van der Waals surface area contributed by atoms with Gasteiger partial charge in [0.2, 0.25) is 5.75 Å². The topological polar surface area (TPSA) is 66.8 Å². The lowest BCUT2D eigenvalue weighted by Crippen LogP contribution is -2.05. The van der Waals surface area contributed by atoms with E-state index in [4.69, 9.17) is 4.74 Å². The summed E-state index contributed by atoms with van der Waals surface area (Å²) in [6.45, 7) is 1.65. The van der Waals surface area contributed by atoms with Crippen LogP contribution in [0.4, 0.5) is 0 Å². The van der Waals surface area contributed by atoms with E-state index in [1.54, 1.807) is 19.1 Å². The van der Waals surface area contributed by atoms with Crippen LogP contribution in [0.2, 0.25) is 0 Å². The molecule has 108 valence electrons. The van der Waals surface area contributed by atoms with Crippen molar-refractivity contribution in [1.82, 2.24) is 0 Å². The van der Waals surface area contributed by atoms with Gasteiger partial charge in [0.15, 0.2) is 11.5 Å². The predicted octanol–water partition coefficient (Wildman–Crippen LogP) is 3.58. The fraction of sp³-hybridized carbons (Fsp3) is 0.118. The Bertz CT molecular complexity index is 660. The first-order valence-electron chi connectivity index (χ1n) is 6.60. The molecule has 0 bridgehead atoms. The minimum atomic E-state index is -0.475. The van der Waals surface area contributed by atoms with Crippen molar-refractivity contribution in [3.63, 3.8) is 0 Å². The number of rotatable bonds is 4. The SMILES string of the molecule is CCC(=O)Oc1ccc(/C=C/c2ccccc2)c(O)c1O. The zero-order valence-electron chi connectivity index (χ0n) is 11.6. The molecular weight excluding hydrogens is 268 g/mol. The van der Waals surface area contributed by atoms with E-state index in [1.165, 1.54) is 6.07 Å². The smallest absolute Gasteiger partial charge is 0.311 e. The molecule has 0 unspecified atom stereocenters. The number of carbonyl (C=O) groups excluding carboxylic acids is 1. The van der Waals surface area contributed by atoms with Gasteiger partial charge in [0, 0.05) is 12.0 Å². The number of benzene rings is 2. The van der Waals surface area contributed by atoms with Crippen LogP contribution in [0.3, 0.4) is 0 Å². The molecule has 0 aliphatic rings. The number of esters is 1. The zero-order chi connectivity index (χ0) is 15.2. The highest BCUT2D eigenvalue weighted by Gasteiger charge is 2.13. The molecule has 4 heteroatoms. The Kier molecular flexibility index (Phi) is 4.61. The zero-order valence-corrected chi connectivity index (χ0v) is 11.6. The van der Waals surface area contributed by atoms with Crippen molar-refractivity contribution in [2.24, 2.45) is 0 Å². The summed E-state index contributed by atoms with van der Waals surface area (Å²) in [5.74, 6) is -1.27. The molecule has 0 saturated heterocycles. The minimum absolute atomic E-state index is 0.0452. The summed E-state index contributed by atoms with van der Waals surface area (Å²) in [4.78, 5) is 11.2. The van der Waals surface area contributed by atoms with Crippen molar-refractivity contribution in [2.75, 3.05) is 0 Å². The number of hydrogen-bond donors (Lipinski definition) is 2. The number of carbonyl (C=O) groups is 1. The van der Waals surface area contributed by atoms with E-state index in [0.29, 0.717) is 5.56 Å². The van der Waals surface area contributed by atoms with E-state index in [1.807, 2.05) is 36.4 Å². The maximum atomic E-state index is 11.2. The number of ether oxygens (including phenoxy) is 1. The van der Waals surface area contributed by atoms with Gasteiger partial charge in [-0.15, -0.1) is 0 Å². The minimum Gasteiger partial charge on any atom is -0.504 e. The van der Waals surface area contributed by atoms with Gasteiger partial charge in [-0.05, 0) is 17.7 Å². The Morgan fingerprint density at radius 2 is 1.76 bits per heavy atom. The summed E-state index contributed by atoms with van der Waals surface area (Å²) in [7, 11) is 0. The van der Waals surface area contributed by atoms with Crippen LogP contribution in [0.15, 0.2) is 42.5 Å². The Labute approximate surface area is 122 Å². The Morgan fingerprint density at radius 3 is 2.43 bits per heavy atom. The van der Waals surface area contributed by atoms with Gasteiger partial charge in [-0.2, -0.15) is 0 Å². The van der Waals surface area contributed by atoms with Crippen molar-refractivity contribution >= 4 is 18.1 Å². The van der Waals surface area contributed by atoms with Gasteiger partial charge in [-0.25, -0.2) is 0 Å². The number of aromatic hydroxyl groups is 2. The molecule has 0 atom stereocenters. The van der Waals surface area contributed by atoms with Gasteiger partial charge < -0.3 is 14.9 Å². The van der Waals surface area contributed by atoms with E-state index in [0.717, 1.165) is 5.56 Å². The van der Waals surface area contributed by atoms with Crippen LogP contribution in [0.5, 0.6) is 17.2 Å². The third-order valence-electron chi connectivity index (χ3n) is 2.91. The maximum Gasteiger partial charge on any atom is 0.311 e. The van der Waals surface area contributed by atoms with Gasteiger partial charge in [-0.3, -0.25) is 4.79 Å². The second kappa shape index (κ2) is 6.61. The second-order valence-electron chi connectivity index (χ2n) is 4.42. The highest BCUT2D eigenvalue weighted by atomic mass is 16.5. The van der Waals surface area contributed by atoms with Crippen LogP contribution in [-0.4, -0.2) is 16.2 Å². The molecule has 2 aromatic rings. The van der Waals surface area contributed by atoms with Gasteiger partial charge in [0.05, 0.1) is 0 Å². The first-order chi connectivity index (χ1) is 10.1. The quantitative estimate of drug-likeness (QED) is 0.390. The fourth-order valence-electron chi connectivity index (χ4n) is 1.74. The molecule has 2 aromatic carbocycles. The van der Waals surface area contributed by atoms with Gasteiger partial charge in [0.1, 0.15) is 0 Å². The molecule has 0 amide bonds. The van der Waals surface area contributed by atoms with Crippen molar-refractivity contribution in [3.05, 3.63) is 53.6 Å². The van der Waals surface area contributed by atoms with E-state index in [9.17, 15) is 15.0 Å². The highest BCUT2D eigenvalue weighted by Crippen LogP contribution is 2.38. The average molecular weight is 284 g/mol. The van der Waals surface area contributed by atoms with E-state index in [2.05, 4.69) is 0 Å². The highest BCUT2D eigenvalue weighted by molar-refractivity contribution is 5.77. The van der Waals surface area contributed by atoms with E-state index < -0.39 is 11.7 Å². The van der Waals surface area contributed by atoms with Crippen LogP contribution >= 0.6 is 0 Å². The normalized spacial score (nSPS) is 10.7. The Morgan fingerprint density at radius 1 is 1.05 bits per heavy atom. The molecular formula is C17H16O4. The van der Waals surface area contributed by atoms with Crippen LogP contribution in [0.25, 0.3) is 12.2 Å². The number of phenols is 2. The largest absolute Gasteiger partial charge is 0.504 e. The lowest BCUT2D eigenvalue weighted by molar-refractivity contribution is -0.134. The summed E-state index contributed by atoms with van der Waals surface area (Å²) >= 11 is 0. The summed E-state index contributed by atoms with van der Waals surface area (Å²) in [5.41, 5.74) is 1.41. The third kappa shape index (κ3) is 3.63. The molecule has 0 spiro atoms. The van der Waals surface area contributed by atoms with Crippen molar-refractivity contribution in [1.29, 1.82) is 0 Å². The van der Waals surface area contributed by atoms with Gasteiger partial charge in [-0.1, -0.05) is 49.4 Å². The summed E-state index contributed by atoms with van der Waals surface area (Å²) in [6.07, 6.45) is 3.68. The average Bonchev–Trinajstić information content (AvgIpc) is 2.52. The third-order valence-corrected chi connectivity index (χ3v) is 2.91. The first kappa shape index (κ1) is 14.7. The molecule has 0 aliphatic heterocycles. The molecule has 0 fully saturated rings. The van der Waals surface area contributed by atoms with Gasteiger partial charge in [0.25, 0.3) is 0 Å². The second-order valence-corrected chi connectivity index (χ2v) is 4.42. The molecule has 2 N–H and O–H groups in total. The van der Waals surface area contributed by atoms with Crippen molar-refractivity contribution < 1.29 is 19.7 Å². The summed E-state index contributed by atoms with van der Waals surface area (Å²) in [5, 5.41) is 19.8. The fourth-order valence-corrected chi connectivity index (χ4v) is 1.74. The molecule has 0 aromatic heterocycles. The van der Waals surface area contributed by atoms with Crippen LogP contribution in [-0.2, 0) is 4.79 Å². The first-order valence-corrected chi connectivity index (χ1v) is 6.60. The standard InChI is InChI=1S/C17H16O4/c1-2-15(18)21-14-11-10-13(16(19)17(14)20)9-8-12-6-4-3-5-7-12/h3-11,19-20H,2H2,1H3/b9-8+. The number of phenolic OH excluding ortho intramolecular Hbond substituents is 2. The van der Waals surface area contributed by atoms with Crippen LogP contribution in [0, 0.1) is 0 Å². The molecule has 4 nitrogen and oxygen atoms in total. The molecule has 0 heterocycles. The van der Waals surface area contributed by atoms with E-state index >= 15 is 0 Å². The molecule has 0 saturated carbocycles. The van der Waals surface area contributed by atoms with Crippen molar-refractivity contribution in [3.8, 4) is 17.2 Å². The Hall–Kier alpha value is -2.75. The van der Waals surface area contributed by atoms with E-state index in [-0.39, 0.29) is 17.9 Å².